The van der Waals surface area contributed by atoms with Gasteiger partial charge in [0.25, 0.3) is 0 Å². The Morgan fingerprint density at radius 1 is 1.29 bits per heavy atom. The van der Waals surface area contributed by atoms with E-state index in [0.29, 0.717) is 26.2 Å². The van der Waals surface area contributed by atoms with Gasteiger partial charge in [0.1, 0.15) is 5.75 Å². The van der Waals surface area contributed by atoms with Gasteiger partial charge in [0.15, 0.2) is 0 Å². The molecule has 1 rings (SSSR count). The lowest BCUT2D eigenvalue weighted by Gasteiger charge is -2.15. The molecule has 118 valence electrons. The molecule has 7 heteroatoms. The van der Waals surface area contributed by atoms with Gasteiger partial charge in [-0.25, -0.2) is 4.79 Å². The monoisotopic (exact) mass is 421 g/mol. The summed E-state index contributed by atoms with van der Waals surface area (Å²) in [4.78, 5) is 12.9. The fourth-order valence-corrected chi connectivity index (χ4v) is 3.12. The Bertz CT molecular complexity index is 482. The number of nitrogens with one attached hydrogen (secondary N) is 2. The normalized spacial score (nSPS) is 10.3. The topological polar surface area (TPSA) is 53.6 Å². The highest BCUT2D eigenvalue weighted by molar-refractivity contribution is 9.11. The Morgan fingerprint density at radius 3 is 2.62 bits per heavy atom. The van der Waals surface area contributed by atoms with Gasteiger partial charge in [0.2, 0.25) is 0 Å². The number of carbonyl (C=O) groups excluding carboxylic acids is 1. The van der Waals surface area contributed by atoms with Crippen molar-refractivity contribution in [1.82, 2.24) is 15.5 Å². The van der Waals surface area contributed by atoms with E-state index in [1.165, 1.54) is 4.90 Å². The van der Waals surface area contributed by atoms with Crippen molar-refractivity contribution in [1.29, 1.82) is 0 Å². The Morgan fingerprint density at radius 2 is 2.00 bits per heavy atom. The summed E-state index contributed by atoms with van der Waals surface area (Å²) in [5.74, 6) is 0.852. The van der Waals surface area contributed by atoms with Crippen molar-refractivity contribution in [2.45, 2.75) is 13.5 Å². The molecule has 2 N–H and O–H groups in total. The molecular formula is C14H21Br2N3O2. The third kappa shape index (κ3) is 6.23. The third-order valence-corrected chi connectivity index (χ3v) is 3.72. The molecule has 0 bridgehead atoms. The van der Waals surface area contributed by atoms with E-state index in [1.54, 1.807) is 14.1 Å². The molecule has 0 unspecified atom stereocenters. The largest absolute Gasteiger partial charge is 0.492 e. The first-order chi connectivity index (χ1) is 9.95. The van der Waals surface area contributed by atoms with Crippen LogP contribution >= 0.6 is 31.9 Å². The molecule has 5 nitrogen and oxygen atoms in total. The molecule has 21 heavy (non-hydrogen) atoms. The van der Waals surface area contributed by atoms with E-state index in [-0.39, 0.29) is 6.03 Å². The van der Waals surface area contributed by atoms with Gasteiger partial charge in [-0.15, -0.1) is 0 Å². The summed E-state index contributed by atoms with van der Waals surface area (Å²) in [6.45, 7) is 4.52. The lowest BCUT2D eigenvalue weighted by molar-refractivity contribution is 0.217. The predicted octanol–water partition coefficient (Wildman–Crippen LogP) is 2.97. The average molecular weight is 423 g/mol. The first-order valence-corrected chi connectivity index (χ1v) is 8.30. The molecule has 0 aliphatic rings. The number of halogens is 2. The molecule has 0 atom stereocenters. The van der Waals surface area contributed by atoms with Gasteiger partial charge in [-0.3, -0.25) is 0 Å². The van der Waals surface area contributed by atoms with Crippen molar-refractivity contribution < 1.29 is 9.53 Å². The summed E-state index contributed by atoms with van der Waals surface area (Å²) < 4.78 is 7.59. The highest BCUT2D eigenvalue weighted by Crippen LogP contribution is 2.32. The second kappa shape index (κ2) is 9.27. The van der Waals surface area contributed by atoms with Gasteiger partial charge in [-0.1, -0.05) is 15.9 Å². The summed E-state index contributed by atoms with van der Waals surface area (Å²) in [6, 6.07) is 3.91. The molecule has 2 amide bonds. The van der Waals surface area contributed by atoms with Crippen LogP contribution in [-0.2, 0) is 6.54 Å². The van der Waals surface area contributed by atoms with Gasteiger partial charge in [-0.05, 0) is 35.0 Å². The number of hydrogen-bond acceptors (Lipinski definition) is 3. The van der Waals surface area contributed by atoms with E-state index in [1.807, 2.05) is 19.1 Å². The first-order valence-electron chi connectivity index (χ1n) is 6.72. The number of ether oxygens (including phenoxy) is 1. The van der Waals surface area contributed by atoms with Crippen molar-refractivity contribution in [3.63, 3.8) is 0 Å². The minimum absolute atomic E-state index is 0.0861. The highest BCUT2D eigenvalue weighted by atomic mass is 79.9. The van der Waals surface area contributed by atoms with Crippen molar-refractivity contribution >= 4 is 37.9 Å². The standard InChI is InChI=1S/C14H21Br2N3O2/c1-4-21-13-10(7-11(15)8-12(13)16)9-17-5-6-18-14(20)19(2)3/h7-8,17H,4-6,9H2,1-3H3,(H,18,20). The molecular weight excluding hydrogens is 402 g/mol. The van der Waals surface area contributed by atoms with Crippen molar-refractivity contribution in [3.05, 3.63) is 26.6 Å². The third-order valence-electron chi connectivity index (χ3n) is 2.67. The summed E-state index contributed by atoms with van der Waals surface area (Å²) in [7, 11) is 3.44. The molecule has 0 fully saturated rings. The van der Waals surface area contributed by atoms with Crippen LogP contribution in [0.3, 0.4) is 0 Å². The maximum atomic E-state index is 11.4. The van der Waals surface area contributed by atoms with Crippen LogP contribution < -0.4 is 15.4 Å². The van der Waals surface area contributed by atoms with Gasteiger partial charge >= 0.3 is 6.03 Å². The lowest BCUT2D eigenvalue weighted by atomic mass is 10.2. The van der Waals surface area contributed by atoms with E-state index in [4.69, 9.17) is 4.74 Å². The minimum atomic E-state index is -0.0861. The number of benzene rings is 1. The second-order valence-electron chi connectivity index (χ2n) is 4.61. The van der Waals surface area contributed by atoms with Gasteiger partial charge in [0, 0.05) is 43.8 Å². The van der Waals surface area contributed by atoms with Crippen LogP contribution in [0.25, 0.3) is 0 Å². The molecule has 1 aromatic carbocycles. The fourth-order valence-electron chi connectivity index (χ4n) is 1.69. The van der Waals surface area contributed by atoms with Crippen LogP contribution in [-0.4, -0.2) is 44.7 Å². The van der Waals surface area contributed by atoms with Crippen LogP contribution in [0.1, 0.15) is 12.5 Å². The lowest BCUT2D eigenvalue weighted by Crippen LogP contribution is -2.38. The molecule has 0 radical (unpaired) electrons. The molecule has 0 spiro atoms. The number of nitrogens with zero attached hydrogens (tertiary/aromatic N) is 1. The molecule has 0 aliphatic heterocycles. The number of carbonyl (C=O) groups is 1. The maximum Gasteiger partial charge on any atom is 0.316 e. The number of hydrogen-bond donors (Lipinski definition) is 2. The van der Waals surface area contributed by atoms with E-state index in [2.05, 4.69) is 42.5 Å². The minimum Gasteiger partial charge on any atom is -0.492 e. The van der Waals surface area contributed by atoms with Crippen molar-refractivity contribution in [2.24, 2.45) is 0 Å². The van der Waals surface area contributed by atoms with Crippen LogP contribution in [0.2, 0.25) is 0 Å². The summed E-state index contributed by atoms with van der Waals surface area (Å²) in [5, 5.41) is 6.10. The smallest absolute Gasteiger partial charge is 0.316 e. The number of amides is 2. The van der Waals surface area contributed by atoms with Crippen LogP contribution in [0.5, 0.6) is 5.75 Å². The zero-order chi connectivity index (χ0) is 15.8. The Kier molecular flexibility index (Phi) is 8.06. The van der Waals surface area contributed by atoms with E-state index < -0.39 is 0 Å². The Balaban J connectivity index is 2.49. The fraction of sp³-hybridized carbons (Fsp3) is 0.500. The van der Waals surface area contributed by atoms with Crippen LogP contribution in [0.4, 0.5) is 4.79 Å². The number of rotatable bonds is 7. The maximum absolute atomic E-state index is 11.4. The second-order valence-corrected chi connectivity index (χ2v) is 6.38. The Labute approximate surface area is 142 Å². The Hall–Kier alpha value is -0.790. The van der Waals surface area contributed by atoms with E-state index >= 15 is 0 Å². The first kappa shape index (κ1) is 18.3. The van der Waals surface area contributed by atoms with Crippen molar-refractivity contribution in [2.75, 3.05) is 33.8 Å². The van der Waals surface area contributed by atoms with Crippen LogP contribution in [0, 0.1) is 0 Å². The van der Waals surface area contributed by atoms with E-state index in [0.717, 1.165) is 20.3 Å². The molecule has 0 aliphatic carbocycles. The molecule has 0 saturated heterocycles. The van der Waals surface area contributed by atoms with Gasteiger partial charge in [0.05, 0.1) is 11.1 Å². The molecule has 0 aromatic heterocycles. The number of urea groups is 1. The molecule has 0 saturated carbocycles. The van der Waals surface area contributed by atoms with Crippen LogP contribution in [0.15, 0.2) is 21.1 Å². The molecule has 0 heterocycles. The SMILES string of the molecule is CCOc1c(Br)cc(Br)cc1CNCCNC(=O)N(C)C. The quantitative estimate of drug-likeness (QED) is 0.664. The average Bonchev–Trinajstić information content (AvgIpc) is 2.41. The molecule has 1 aromatic rings. The highest BCUT2D eigenvalue weighted by Gasteiger charge is 2.09. The van der Waals surface area contributed by atoms with Gasteiger partial charge in [-0.2, -0.15) is 0 Å². The summed E-state index contributed by atoms with van der Waals surface area (Å²) >= 11 is 6.99. The predicted molar refractivity (Wildman–Crippen MR) is 91.8 cm³/mol. The van der Waals surface area contributed by atoms with E-state index in [9.17, 15) is 4.79 Å². The summed E-state index contributed by atoms with van der Waals surface area (Å²) in [6.07, 6.45) is 0. The van der Waals surface area contributed by atoms with Crippen molar-refractivity contribution in [3.8, 4) is 5.75 Å². The zero-order valence-corrected chi connectivity index (χ0v) is 15.7. The van der Waals surface area contributed by atoms with Gasteiger partial charge < -0.3 is 20.3 Å². The zero-order valence-electron chi connectivity index (χ0n) is 12.5. The summed E-state index contributed by atoms with van der Waals surface area (Å²) in [5.41, 5.74) is 1.07.